The second-order valence-corrected chi connectivity index (χ2v) is 5.54. The molecule has 3 rings (SSSR count). The van der Waals surface area contributed by atoms with E-state index in [9.17, 15) is 0 Å². The normalized spacial score (nSPS) is 17.8. The number of anilines is 1. The highest BCUT2D eigenvalue weighted by Crippen LogP contribution is 2.27. The minimum absolute atomic E-state index is 0.168. The van der Waals surface area contributed by atoms with Crippen molar-refractivity contribution < 1.29 is 9.47 Å². The van der Waals surface area contributed by atoms with Gasteiger partial charge in [0.2, 0.25) is 0 Å². The number of fused-ring (bicyclic) bond motifs is 1. The van der Waals surface area contributed by atoms with Crippen LogP contribution < -0.4 is 5.32 Å². The molecule has 0 bridgehead atoms. The van der Waals surface area contributed by atoms with E-state index in [4.69, 9.17) is 9.47 Å². The second kappa shape index (κ2) is 5.95. The molecule has 2 aromatic rings. The lowest BCUT2D eigenvalue weighted by molar-refractivity contribution is -0.0807. The van der Waals surface area contributed by atoms with E-state index in [0.29, 0.717) is 0 Å². The molecular formula is C16H21N3O2. The Morgan fingerprint density at radius 3 is 2.86 bits per heavy atom. The van der Waals surface area contributed by atoms with Crippen molar-refractivity contribution in [2.24, 2.45) is 0 Å². The molecule has 1 aromatic heterocycles. The smallest absolute Gasteiger partial charge is 0.137 e. The van der Waals surface area contributed by atoms with Gasteiger partial charge in [0.25, 0.3) is 0 Å². The minimum Gasteiger partial charge on any atom is -0.381 e. The summed E-state index contributed by atoms with van der Waals surface area (Å²) < 4.78 is 11.2. The Morgan fingerprint density at radius 2 is 2.10 bits per heavy atom. The molecule has 0 radical (unpaired) electrons. The van der Waals surface area contributed by atoms with Gasteiger partial charge in [0.15, 0.2) is 0 Å². The predicted octanol–water partition coefficient (Wildman–Crippen LogP) is 2.55. The minimum atomic E-state index is -0.168. The van der Waals surface area contributed by atoms with E-state index in [1.807, 2.05) is 12.1 Å². The molecule has 0 aliphatic carbocycles. The number of nitrogens with zero attached hydrogens (tertiary/aromatic N) is 2. The largest absolute Gasteiger partial charge is 0.381 e. The Labute approximate surface area is 124 Å². The Hall–Kier alpha value is -1.72. The van der Waals surface area contributed by atoms with Crippen molar-refractivity contribution in [3.05, 3.63) is 30.1 Å². The molecular weight excluding hydrogens is 266 g/mol. The van der Waals surface area contributed by atoms with Gasteiger partial charge in [-0.25, -0.2) is 9.97 Å². The molecule has 2 heterocycles. The molecule has 0 amide bonds. The van der Waals surface area contributed by atoms with Crippen LogP contribution in [-0.2, 0) is 9.47 Å². The van der Waals surface area contributed by atoms with Gasteiger partial charge < -0.3 is 14.8 Å². The zero-order chi connectivity index (χ0) is 14.7. The molecule has 1 aliphatic heterocycles. The lowest BCUT2D eigenvalue weighted by Gasteiger charge is -2.36. The van der Waals surface area contributed by atoms with Crippen LogP contribution in [-0.4, -0.2) is 42.4 Å². The van der Waals surface area contributed by atoms with Crippen molar-refractivity contribution in [3.8, 4) is 0 Å². The average Bonchev–Trinajstić information content (AvgIpc) is 2.54. The highest BCUT2D eigenvalue weighted by Gasteiger charge is 2.32. The highest BCUT2D eigenvalue weighted by molar-refractivity contribution is 5.91. The Kier molecular flexibility index (Phi) is 4.03. The summed E-state index contributed by atoms with van der Waals surface area (Å²) in [5.41, 5.74) is 1.97. The number of benzene rings is 1. The third kappa shape index (κ3) is 2.84. The fraction of sp³-hybridized carbons (Fsp3) is 0.500. The van der Waals surface area contributed by atoms with Crippen LogP contribution >= 0.6 is 0 Å². The fourth-order valence-corrected chi connectivity index (χ4v) is 2.86. The Bertz CT molecular complexity index is 619. The summed E-state index contributed by atoms with van der Waals surface area (Å²) in [7, 11) is 1.77. The van der Waals surface area contributed by atoms with Crippen molar-refractivity contribution in [3.63, 3.8) is 0 Å². The maximum atomic E-state index is 5.76. The zero-order valence-corrected chi connectivity index (χ0v) is 12.6. The number of nitrogens with one attached hydrogen (secondary N) is 1. The quantitative estimate of drug-likeness (QED) is 0.936. The zero-order valence-electron chi connectivity index (χ0n) is 12.6. The third-order valence-electron chi connectivity index (χ3n) is 4.29. The first-order valence-corrected chi connectivity index (χ1v) is 7.31. The van der Waals surface area contributed by atoms with Crippen LogP contribution in [0.4, 0.5) is 5.82 Å². The molecule has 5 nitrogen and oxygen atoms in total. The Morgan fingerprint density at radius 1 is 1.29 bits per heavy atom. The molecule has 5 heteroatoms. The van der Waals surface area contributed by atoms with Crippen molar-refractivity contribution in [2.75, 3.05) is 32.2 Å². The number of hydrogen-bond acceptors (Lipinski definition) is 5. The predicted molar refractivity (Wildman–Crippen MR) is 82.6 cm³/mol. The molecule has 1 N–H and O–H groups in total. The van der Waals surface area contributed by atoms with Crippen LogP contribution in [0, 0.1) is 6.92 Å². The monoisotopic (exact) mass is 287 g/mol. The van der Waals surface area contributed by atoms with Crippen LogP contribution in [0.5, 0.6) is 0 Å². The number of hydrogen-bond donors (Lipinski definition) is 1. The van der Waals surface area contributed by atoms with Gasteiger partial charge in [0.1, 0.15) is 12.1 Å². The summed E-state index contributed by atoms with van der Waals surface area (Å²) in [5, 5.41) is 4.54. The molecule has 1 saturated heterocycles. The molecule has 0 spiro atoms. The number of aromatic nitrogens is 2. The van der Waals surface area contributed by atoms with Gasteiger partial charge >= 0.3 is 0 Å². The van der Waals surface area contributed by atoms with E-state index >= 15 is 0 Å². The van der Waals surface area contributed by atoms with Crippen LogP contribution in [0.1, 0.15) is 18.4 Å². The SMILES string of the molecule is COC1(CNc2ncnc3cccc(C)c23)CCOCC1. The van der Waals surface area contributed by atoms with Gasteiger partial charge in [0, 0.05) is 45.1 Å². The molecule has 0 saturated carbocycles. The standard InChI is InChI=1S/C16H21N3O2/c1-12-4-3-5-13-14(12)15(19-11-18-13)17-10-16(20-2)6-8-21-9-7-16/h3-5,11H,6-10H2,1-2H3,(H,17,18,19). The average molecular weight is 287 g/mol. The van der Waals surface area contributed by atoms with E-state index in [0.717, 1.165) is 49.3 Å². The van der Waals surface area contributed by atoms with E-state index in [1.165, 1.54) is 5.56 Å². The first-order valence-electron chi connectivity index (χ1n) is 7.31. The molecule has 0 atom stereocenters. The van der Waals surface area contributed by atoms with E-state index in [1.54, 1.807) is 13.4 Å². The lowest BCUT2D eigenvalue weighted by atomic mass is 9.94. The number of aryl methyl sites for hydroxylation is 1. The van der Waals surface area contributed by atoms with Crippen LogP contribution in [0.25, 0.3) is 10.9 Å². The van der Waals surface area contributed by atoms with E-state index in [2.05, 4.69) is 28.3 Å². The Balaban J connectivity index is 1.85. The maximum Gasteiger partial charge on any atom is 0.137 e. The number of ether oxygens (including phenoxy) is 2. The first-order chi connectivity index (χ1) is 10.2. The molecule has 1 aliphatic rings. The number of rotatable bonds is 4. The summed E-state index contributed by atoms with van der Waals surface area (Å²) in [4.78, 5) is 8.74. The summed E-state index contributed by atoms with van der Waals surface area (Å²) in [6.07, 6.45) is 3.41. The summed E-state index contributed by atoms with van der Waals surface area (Å²) in [5.74, 6) is 0.876. The van der Waals surface area contributed by atoms with E-state index < -0.39 is 0 Å². The molecule has 112 valence electrons. The van der Waals surface area contributed by atoms with Gasteiger partial charge in [-0.05, 0) is 18.6 Å². The van der Waals surface area contributed by atoms with Gasteiger partial charge in [-0.1, -0.05) is 12.1 Å². The molecule has 0 unspecified atom stereocenters. The van der Waals surface area contributed by atoms with Gasteiger partial charge in [-0.3, -0.25) is 0 Å². The topological polar surface area (TPSA) is 56.3 Å². The van der Waals surface area contributed by atoms with Crippen molar-refractivity contribution in [1.29, 1.82) is 0 Å². The molecule has 1 fully saturated rings. The van der Waals surface area contributed by atoms with Crippen LogP contribution in [0.15, 0.2) is 24.5 Å². The van der Waals surface area contributed by atoms with E-state index in [-0.39, 0.29) is 5.60 Å². The highest BCUT2D eigenvalue weighted by atomic mass is 16.5. The fourth-order valence-electron chi connectivity index (χ4n) is 2.86. The van der Waals surface area contributed by atoms with Gasteiger partial charge in [-0.2, -0.15) is 0 Å². The summed E-state index contributed by atoms with van der Waals surface area (Å²) >= 11 is 0. The first kappa shape index (κ1) is 14.2. The summed E-state index contributed by atoms with van der Waals surface area (Å²) in [6, 6.07) is 6.11. The summed E-state index contributed by atoms with van der Waals surface area (Å²) in [6.45, 7) is 4.31. The van der Waals surface area contributed by atoms with Gasteiger partial charge in [-0.15, -0.1) is 0 Å². The van der Waals surface area contributed by atoms with Crippen LogP contribution in [0.3, 0.4) is 0 Å². The van der Waals surface area contributed by atoms with Crippen LogP contribution in [0.2, 0.25) is 0 Å². The second-order valence-electron chi connectivity index (χ2n) is 5.54. The van der Waals surface area contributed by atoms with Crippen molar-refractivity contribution in [2.45, 2.75) is 25.4 Å². The number of methoxy groups -OCH3 is 1. The van der Waals surface area contributed by atoms with Gasteiger partial charge in [0.05, 0.1) is 11.1 Å². The molecule has 1 aromatic carbocycles. The lowest BCUT2D eigenvalue weighted by Crippen LogP contribution is -2.44. The van der Waals surface area contributed by atoms with Crippen molar-refractivity contribution in [1.82, 2.24) is 9.97 Å². The molecule has 21 heavy (non-hydrogen) atoms. The van der Waals surface area contributed by atoms with Crippen molar-refractivity contribution >= 4 is 16.7 Å². The maximum absolute atomic E-state index is 5.76. The third-order valence-corrected chi connectivity index (χ3v) is 4.29.